The molecule has 0 aliphatic heterocycles. The first-order valence-electron chi connectivity index (χ1n) is 11.0. The van der Waals surface area contributed by atoms with Gasteiger partial charge in [0.15, 0.2) is 0 Å². The second-order valence-electron chi connectivity index (χ2n) is 8.14. The SMILES string of the molecule is c1ccc2c(c1)c1ccccc1c1ccccc21.c1ccc2c(c1)ccc1ccccc12. The molecule has 0 saturated heterocycles. The fourth-order valence-corrected chi connectivity index (χ4v) is 4.81. The Labute approximate surface area is 187 Å². The molecule has 0 saturated carbocycles. The van der Waals surface area contributed by atoms with Crippen molar-refractivity contribution in [2.45, 2.75) is 0 Å². The van der Waals surface area contributed by atoms with Crippen LogP contribution in [-0.4, -0.2) is 0 Å². The van der Waals surface area contributed by atoms with E-state index in [0.29, 0.717) is 0 Å². The summed E-state index contributed by atoms with van der Waals surface area (Å²) < 4.78 is 0. The van der Waals surface area contributed by atoms with Crippen molar-refractivity contribution < 1.29 is 0 Å². The molecule has 0 nitrogen and oxygen atoms in total. The molecule has 0 spiro atoms. The van der Waals surface area contributed by atoms with Crippen LogP contribution in [-0.2, 0) is 0 Å². The van der Waals surface area contributed by atoms with Crippen LogP contribution in [0.3, 0.4) is 0 Å². The van der Waals surface area contributed by atoms with Crippen LogP contribution in [0.15, 0.2) is 133 Å². The van der Waals surface area contributed by atoms with Crippen LogP contribution in [0.4, 0.5) is 0 Å². The molecule has 0 N–H and O–H groups in total. The van der Waals surface area contributed by atoms with E-state index in [-0.39, 0.29) is 0 Å². The standard InChI is InChI=1S/C18H12.C14H10/c1-2-8-14-13(7-1)15-9-3-4-11-17(15)18-12-6-5-10-16(14)18;1-3-7-13-11(5-1)9-10-12-6-2-4-8-14(12)13/h1-12H;1-10H. The monoisotopic (exact) mass is 406 g/mol. The van der Waals surface area contributed by atoms with Crippen molar-refractivity contribution >= 4 is 53.9 Å². The minimum Gasteiger partial charge on any atom is -0.0616 e. The summed E-state index contributed by atoms with van der Waals surface area (Å²) in [5.41, 5.74) is 0. The Kier molecular flexibility index (Phi) is 4.55. The molecule has 32 heavy (non-hydrogen) atoms. The first-order chi connectivity index (χ1) is 15.9. The Balaban J connectivity index is 0.000000126. The Morgan fingerprint density at radius 1 is 0.188 bits per heavy atom. The molecular formula is C32H22. The highest BCUT2D eigenvalue weighted by Gasteiger charge is 2.06. The van der Waals surface area contributed by atoms with Gasteiger partial charge in [0.25, 0.3) is 0 Å². The molecule has 0 amide bonds. The van der Waals surface area contributed by atoms with E-state index in [1.54, 1.807) is 0 Å². The molecule has 0 heterocycles. The Bertz CT molecular complexity index is 1450. The summed E-state index contributed by atoms with van der Waals surface area (Å²) in [4.78, 5) is 0. The van der Waals surface area contributed by atoms with Crippen LogP contribution in [0.5, 0.6) is 0 Å². The van der Waals surface area contributed by atoms with Gasteiger partial charge in [-0.05, 0) is 53.9 Å². The number of fused-ring (bicyclic) bond motifs is 9. The van der Waals surface area contributed by atoms with E-state index >= 15 is 0 Å². The summed E-state index contributed by atoms with van der Waals surface area (Å²) in [6.07, 6.45) is 0. The molecule has 150 valence electrons. The van der Waals surface area contributed by atoms with Gasteiger partial charge in [0, 0.05) is 0 Å². The summed E-state index contributed by atoms with van der Waals surface area (Å²) in [5.74, 6) is 0. The van der Waals surface area contributed by atoms with Crippen molar-refractivity contribution in [1.82, 2.24) is 0 Å². The normalized spacial score (nSPS) is 11.1. The van der Waals surface area contributed by atoms with Crippen molar-refractivity contribution in [2.75, 3.05) is 0 Å². The van der Waals surface area contributed by atoms with E-state index in [2.05, 4.69) is 133 Å². The second kappa shape index (κ2) is 7.83. The zero-order chi connectivity index (χ0) is 21.3. The average Bonchev–Trinajstić information content (AvgIpc) is 2.89. The molecule has 0 bridgehead atoms. The predicted octanol–water partition coefficient (Wildman–Crippen LogP) is 9.14. The van der Waals surface area contributed by atoms with Crippen LogP contribution in [0.25, 0.3) is 53.9 Å². The summed E-state index contributed by atoms with van der Waals surface area (Å²) in [6.45, 7) is 0. The van der Waals surface area contributed by atoms with E-state index in [9.17, 15) is 0 Å². The van der Waals surface area contributed by atoms with E-state index < -0.39 is 0 Å². The lowest BCUT2D eigenvalue weighted by Gasteiger charge is -2.09. The van der Waals surface area contributed by atoms with Crippen LogP contribution in [0.2, 0.25) is 0 Å². The van der Waals surface area contributed by atoms with Gasteiger partial charge in [-0.15, -0.1) is 0 Å². The van der Waals surface area contributed by atoms with Gasteiger partial charge < -0.3 is 0 Å². The second-order valence-corrected chi connectivity index (χ2v) is 8.14. The summed E-state index contributed by atoms with van der Waals surface area (Å²) >= 11 is 0. The highest BCUT2D eigenvalue weighted by Crippen LogP contribution is 2.34. The molecule has 0 aliphatic rings. The van der Waals surface area contributed by atoms with Gasteiger partial charge >= 0.3 is 0 Å². The maximum Gasteiger partial charge on any atom is -0.00990 e. The number of hydrogen-bond donors (Lipinski definition) is 0. The van der Waals surface area contributed by atoms with Gasteiger partial charge in [-0.2, -0.15) is 0 Å². The van der Waals surface area contributed by atoms with E-state index in [1.165, 1.54) is 53.9 Å². The zero-order valence-electron chi connectivity index (χ0n) is 17.7. The summed E-state index contributed by atoms with van der Waals surface area (Å²) in [7, 11) is 0. The van der Waals surface area contributed by atoms with Gasteiger partial charge in [0.05, 0.1) is 0 Å². The van der Waals surface area contributed by atoms with E-state index in [0.717, 1.165) is 0 Å². The third-order valence-corrected chi connectivity index (χ3v) is 6.31. The predicted molar refractivity (Wildman–Crippen MR) is 140 cm³/mol. The van der Waals surface area contributed by atoms with Crippen molar-refractivity contribution in [3.05, 3.63) is 133 Å². The molecule has 7 rings (SSSR count). The molecule has 0 unspecified atom stereocenters. The molecule has 0 aliphatic carbocycles. The van der Waals surface area contributed by atoms with Gasteiger partial charge in [-0.1, -0.05) is 133 Å². The largest absolute Gasteiger partial charge is 0.0616 e. The molecule has 0 radical (unpaired) electrons. The number of rotatable bonds is 0. The van der Waals surface area contributed by atoms with Gasteiger partial charge in [-0.25, -0.2) is 0 Å². The van der Waals surface area contributed by atoms with Crippen molar-refractivity contribution in [1.29, 1.82) is 0 Å². The third-order valence-electron chi connectivity index (χ3n) is 6.31. The maximum absolute atomic E-state index is 2.21. The van der Waals surface area contributed by atoms with Gasteiger partial charge in [0.1, 0.15) is 0 Å². The van der Waals surface area contributed by atoms with Crippen LogP contribution < -0.4 is 0 Å². The Morgan fingerprint density at radius 3 is 0.688 bits per heavy atom. The van der Waals surface area contributed by atoms with Crippen molar-refractivity contribution in [3.63, 3.8) is 0 Å². The summed E-state index contributed by atoms with van der Waals surface area (Å²) in [6, 6.07) is 47.3. The fourth-order valence-electron chi connectivity index (χ4n) is 4.81. The molecule has 0 heteroatoms. The lowest BCUT2D eigenvalue weighted by Crippen LogP contribution is -1.81. The van der Waals surface area contributed by atoms with Crippen LogP contribution in [0, 0.1) is 0 Å². The van der Waals surface area contributed by atoms with Crippen LogP contribution >= 0.6 is 0 Å². The van der Waals surface area contributed by atoms with E-state index in [4.69, 9.17) is 0 Å². The molecule has 7 aromatic rings. The number of benzene rings is 7. The first kappa shape index (κ1) is 18.6. The molecule has 0 atom stereocenters. The molecule has 0 fully saturated rings. The lowest BCUT2D eigenvalue weighted by atomic mass is 9.95. The number of hydrogen-bond acceptors (Lipinski definition) is 0. The molecular weight excluding hydrogens is 384 g/mol. The fraction of sp³-hybridized carbons (Fsp3) is 0. The van der Waals surface area contributed by atoms with Crippen molar-refractivity contribution in [2.24, 2.45) is 0 Å². The Morgan fingerprint density at radius 2 is 0.406 bits per heavy atom. The summed E-state index contributed by atoms with van der Waals surface area (Å²) in [5, 5.41) is 13.3. The zero-order valence-corrected chi connectivity index (χ0v) is 17.7. The van der Waals surface area contributed by atoms with Gasteiger partial charge in [0.2, 0.25) is 0 Å². The highest BCUT2D eigenvalue weighted by molar-refractivity contribution is 6.25. The maximum atomic E-state index is 2.21. The third kappa shape index (κ3) is 3.09. The van der Waals surface area contributed by atoms with Gasteiger partial charge in [-0.3, -0.25) is 0 Å². The van der Waals surface area contributed by atoms with E-state index in [1.807, 2.05) is 0 Å². The highest BCUT2D eigenvalue weighted by atomic mass is 14.1. The minimum absolute atomic E-state index is 1.31. The Hall–Kier alpha value is -4.16. The topological polar surface area (TPSA) is 0 Å². The smallest absolute Gasteiger partial charge is 0.00990 e. The quantitative estimate of drug-likeness (QED) is 0.220. The molecule has 7 aromatic carbocycles. The molecule has 0 aromatic heterocycles. The van der Waals surface area contributed by atoms with Crippen molar-refractivity contribution in [3.8, 4) is 0 Å². The van der Waals surface area contributed by atoms with Crippen LogP contribution in [0.1, 0.15) is 0 Å². The first-order valence-corrected chi connectivity index (χ1v) is 11.0. The average molecular weight is 407 g/mol. The minimum atomic E-state index is 1.31. The lowest BCUT2D eigenvalue weighted by molar-refractivity contribution is 1.76.